The maximum absolute atomic E-state index is 14.2. The standard InChI is InChI=1S/C29H33N3O2S/c1-29(2,3)28-27(23-31(30-28)21-25-15-9-5-10-16-25)35(33,34)32(22-26-17-11-6-12-18-26)20-19-24-13-7-4-8-14-24/h4-18,23H,19-22H2,1-3H3. The normalized spacial score (nSPS) is 12.2. The van der Waals surface area contributed by atoms with Gasteiger partial charge in [-0.05, 0) is 23.1 Å². The summed E-state index contributed by atoms with van der Waals surface area (Å²) >= 11 is 0. The molecule has 0 bridgehead atoms. The van der Waals surface area contributed by atoms with E-state index in [2.05, 4.69) is 0 Å². The molecule has 6 heteroatoms. The third-order valence-corrected chi connectivity index (χ3v) is 7.78. The van der Waals surface area contributed by atoms with E-state index in [1.165, 1.54) is 0 Å². The van der Waals surface area contributed by atoms with Crippen molar-refractivity contribution in [1.29, 1.82) is 0 Å². The second-order valence-corrected chi connectivity index (χ2v) is 11.7. The van der Waals surface area contributed by atoms with Gasteiger partial charge in [-0.1, -0.05) is 112 Å². The average molecular weight is 488 g/mol. The molecule has 0 aliphatic carbocycles. The molecule has 0 atom stereocenters. The van der Waals surface area contributed by atoms with E-state index in [4.69, 9.17) is 5.10 Å². The summed E-state index contributed by atoms with van der Waals surface area (Å²) in [6.07, 6.45) is 2.33. The van der Waals surface area contributed by atoms with Crippen molar-refractivity contribution < 1.29 is 8.42 Å². The zero-order chi connectivity index (χ0) is 24.9. The summed E-state index contributed by atoms with van der Waals surface area (Å²) in [5.74, 6) is 0. The van der Waals surface area contributed by atoms with Gasteiger partial charge in [0, 0.05) is 24.7 Å². The molecule has 1 aromatic heterocycles. The molecule has 0 aliphatic rings. The number of sulfonamides is 1. The predicted molar refractivity (Wildman–Crippen MR) is 141 cm³/mol. The maximum Gasteiger partial charge on any atom is 0.246 e. The fraction of sp³-hybridized carbons (Fsp3) is 0.276. The lowest BCUT2D eigenvalue weighted by molar-refractivity contribution is 0.407. The first-order chi connectivity index (χ1) is 16.7. The lowest BCUT2D eigenvalue weighted by Crippen LogP contribution is -2.34. The second kappa shape index (κ2) is 10.6. The second-order valence-electron chi connectivity index (χ2n) is 9.83. The summed E-state index contributed by atoms with van der Waals surface area (Å²) in [5.41, 5.74) is 3.30. The van der Waals surface area contributed by atoms with Gasteiger partial charge in [-0.3, -0.25) is 4.68 Å². The van der Waals surface area contributed by atoms with Gasteiger partial charge in [0.05, 0.1) is 12.2 Å². The Kier molecular flexibility index (Phi) is 7.53. The van der Waals surface area contributed by atoms with Crippen molar-refractivity contribution in [3.05, 3.63) is 120 Å². The number of nitrogens with zero attached hydrogens (tertiary/aromatic N) is 3. The monoisotopic (exact) mass is 487 g/mol. The number of hydrogen-bond donors (Lipinski definition) is 0. The van der Waals surface area contributed by atoms with E-state index < -0.39 is 15.4 Å². The first-order valence-corrected chi connectivity index (χ1v) is 13.4. The summed E-state index contributed by atoms with van der Waals surface area (Å²) in [6.45, 7) is 7.23. The van der Waals surface area contributed by atoms with Gasteiger partial charge in [0.2, 0.25) is 10.0 Å². The number of hydrogen-bond acceptors (Lipinski definition) is 3. The van der Waals surface area contributed by atoms with E-state index in [0.717, 1.165) is 16.7 Å². The highest BCUT2D eigenvalue weighted by atomic mass is 32.2. The van der Waals surface area contributed by atoms with Crippen LogP contribution < -0.4 is 0 Å². The van der Waals surface area contributed by atoms with E-state index in [1.807, 2.05) is 112 Å². The molecule has 3 aromatic carbocycles. The van der Waals surface area contributed by atoms with Crippen LogP contribution in [0.2, 0.25) is 0 Å². The lowest BCUT2D eigenvalue weighted by atomic mass is 9.92. The van der Waals surface area contributed by atoms with Crippen LogP contribution in [0.4, 0.5) is 0 Å². The third kappa shape index (κ3) is 6.27. The summed E-state index contributed by atoms with van der Waals surface area (Å²) in [5, 5.41) is 4.76. The quantitative estimate of drug-likeness (QED) is 0.306. The van der Waals surface area contributed by atoms with Crippen LogP contribution in [-0.4, -0.2) is 29.0 Å². The minimum atomic E-state index is -3.80. The van der Waals surface area contributed by atoms with Gasteiger partial charge < -0.3 is 0 Å². The van der Waals surface area contributed by atoms with Crippen LogP contribution in [0, 0.1) is 0 Å². The molecule has 35 heavy (non-hydrogen) atoms. The van der Waals surface area contributed by atoms with Crippen LogP contribution >= 0.6 is 0 Å². The average Bonchev–Trinajstić information content (AvgIpc) is 3.29. The van der Waals surface area contributed by atoms with Crippen LogP contribution in [0.25, 0.3) is 0 Å². The Morgan fingerprint density at radius 2 is 1.29 bits per heavy atom. The van der Waals surface area contributed by atoms with Crippen molar-refractivity contribution >= 4 is 10.0 Å². The van der Waals surface area contributed by atoms with Crippen molar-refractivity contribution in [1.82, 2.24) is 14.1 Å². The van der Waals surface area contributed by atoms with Gasteiger partial charge in [-0.2, -0.15) is 9.40 Å². The minimum absolute atomic E-state index is 0.282. The van der Waals surface area contributed by atoms with E-state index >= 15 is 0 Å². The van der Waals surface area contributed by atoms with Crippen molar-refractivity contribution in [3.63, 3.8) is 0 Å². The Bertz CT molecular complexity index is 1330. The summed E-state index contributed by atoms with van der Waals surface area (Å²) in [4.78, 5) is 0.282. The molecule has 0 N–H and O–H groups in total. The van der Waals surface area contributed by atoms with Gasteiger partial charge in [0.25, 0.3) is 0 Å². The van der Waals surface area contributed by atoms with E-state index in [9.17, 15) is 8.42 Å². The van der Waals surface area contributed by atoms with Gasteiger partial charge in [-0.15, -0.1) is 0 Å². The Balaban J connectivity index is 1.71. The zero-order valence-electron chi connectivity index (χ0n) is 20.6. The molecular weight excluding hydrogens is 454 g/mol. The van der Waals surface area contributed by atoms with Crippen LogP contribution in [0.5, 0.6) is 0 Å². The smallest absolute Gasteiger partial charge is 0.246 e. The molecule has 0 spiro atoms. The molecule has 0 fully saturated rings. The fourth-order valence-electron chi connectivity index (χ4n) is 4.07. The van der Waals surface area contributed by atoms with Crippen LogP contribution in [0.1, 0.15) is 43.2 Å². The molecule has 0 saturated heterocycles. The Morgan fingerprint density at radius 3 is 1.83 bits per heavy atom. The molecule has 4 aromatic rings. The molecule has 0 amide bonds. The number of rotatable bonds is 9. The predicted octanol–water partition coefficient (Wildman–Crippen LogP) is 5.66. The molecule has 0 aliphatic heterocycles. The maximum atomic E-state index is 14.2. The molecule has 1 heterocycles. The molecular formula is C29H33N3O2S. The van der Waals surface area contributed by atoms with Crippen LogP contribution in [0.3, 0.4) is 0 Å². The molecule has 0 radical (unpaired) electrons. The van der Waals surface area contributed by atoms with E-state index in [0.29, 0.717) is 31.7 Å². The topological polar surface area (TPSA) is 55.2 Å². The highest BCUT2D eigenvalue weighted by Crippen LogP contribution is 2.31. The highest BCUT2D eigenvalue weighted by Gasteiger charge is 2.34. The molecule has 0 saturated carbocycles. The van der Waals surface area contributed by atoms with Crippen LogP contribution in [0.15, 0.2) is 102 Å². The lowest BCUT2D eigenvalue weighted by Gasteiger charge is -2.24. The molecule has 182 valence electrons. The van der Waals surface area contributed by atoms with Crippen molar-refractivity contribution in [2.24, 2.45) is 0 Å². The number of aromatic nitrogens is 2. The van der Waals surface area contributed by atoms with E-state index in [-0.39, 0.29) is 4.90 Å². The fourth-order valence-corrected chi connectivity index (χ4v) is 5.85. The molecule has 5 nitrogen and oxygen atoms in total. The van der Waals surface area contributed by atoms with Gasteiger partial charge in [-0.25, -0.2) is 8.42 Å². The van der Waals surface area contributed by atoms with Crippen molar-refractivity contribution in [2.45, 2.75) is 50.6 Å². The highest BCUT2D eigenvalue weighted by molar-refractivity contribution is 7.89. The van der Waals surface area contributed by atoms with Gasteiger partial charge in [0.1, 0.15) is 4.90 Å². The Morgan fingerprint density at radius 1 is 0.771 bits per heavy atom. The van der Waals surface area contributed by atoms with E-state index in [1.54, 1.807) is 15.2 Å². The van der Waals surface area contributed by atoms with Crippen molar-refractivity contribution in [2.75, 3.05) is 6.54 Å². The summed E-state index contributed by atoms with van der Waals surface area (Å²) in [6, 6.07) is 29.7. The summed E-state index contributed by atoms with van der Waals surface area (Å²) < 4.78 is 31.7. The molecule has 4 rings (SSSR count). The first-order valence-electron chi connectivity index (χ1n) is 11.9. The van der Waals surface area contributed by atoms with Gasteiger partial charge in [0.15, 0.2) is 0 Å². The Hall–Kier alpha value is -3.22. The third-order valence-electron chi connectivity index (χ3n) is 5.94. The Labute approximate surface area is 209 Å². The number of benzene rings is 3. The zero-order valence-corrected chi connectivity index (χ0v) is 21.4. The SMILES string of the molecule is CC(C)(C)c1nn(Cc2ccccc2)cc1S(=O)(=O)N(CCc1ccccc1)Cc1ccccc1. The summed E-state index contributed by atoms with van der Waals surface area (Å²) in [7, 11) is -3.80. The first kappa shape index (κ1) is 24.9. The van der Waals surface area contributed by atoms with Gasteiger partial charge >= 0.3 is 0 Å². The molecule has 0 unspecified atom stereocenters. The van der Waals surface area contributed by atoms with Crippen LogP contribution in [-0.2, 0) is 34.9 Å². The van der Waals surface area contributed by atoms with Crippen molar-refractivity contribution in [3.8, 4) is 0 Å². The minimum Gasteiger partial charge on any atom is -0.267 e. The largest absolute Gasteiger partial charge is 0.267 e.